The van der Waals surface area contributed by atoms with Crippen LogP contribution in [0.2, 0.25) is 0 Å². The van der Waals surface area contributed by atoms with Crippen molar-refractivity contribution in [2.75, 3.05) is 19.8 Å². The van der Waals surface area contributed by atoms with Crippen LogP contribution in [-0.2, 0) is 62.1 Å². The van der Waals surface area contributed by atoms with Gasteiger partial charge in [-0.1, -0.05) is 49.3 Å². The van der Waals surface area contributed by atoms with Gasteiger partial charge in [0.25, 0.3) is 0 Å². The number of nitrogens with zero attached hydrogens (tertiary/aromatic N) is 4. The Kier molecular flexibility index (Phi) is 21.9. The standard InChI is InChI=1S/C41H64N9O12P/c1-27(2)22-32(46-41(57)35-17-13-20-50(35)29(4)52)38(54)45-33(39(55)47-34(25-51)40(56)48-36(37(42)53)28(3)62-63(58,59)60)23-31-24-43-26-49(31)19-11-6-12-21-61-44-18-10-9-16-30-14-7-5-8-15-30/h5,7-8,14-15,18,24,26-28,32-36,51H,6,9-13,16-17,19-23,25H2,1-4H3,(H2,42,53)(H,45,54)(H,46,57)(H,47,55)(H,48,56)(H2,58,59,60)/b44-18+/t28-,32+,33+,34+,35+,36+/m1/s1. The lowest BCUT2D eigenvalue weighted by Crippen LogP contribution is -2.61. The number of unbranched alkanes of at least 4 members (excludes halogenated alkanes) is 3. The molecule has 1 saturated heterocycles. The van der Waals surface area contributed by atoms with Crippen LogP contribution >= 0.6 is 7.82 Å². The molecule has 6 atom stereocenters. The summed E-state index contributed by atoms with van der Waals surface area (Å²) in [4.78, 5) is 109. The van der Waals surface area contributed by atoms with Gasteiger partial charge in [0.1, 0.15) is 36.8 Å². The summed E-state index contributed by atoms with van der Waals surface area (Å²) in [5, 5.41) is 24.2. The minimum Gasteiger partial charge on any atom is -0.396 e. The molecule has 0 spiro atoms. The molecule has 6 amide bonds. The fraction of sp³-hybridized carbons (Fsp3) is 0.610. The summed E-state index contributed by atoms with van der Waals surface area (Å²) in [6, 6.07) is 3.37. The highest BCUT2D eigenvalue weighted by Gasteiger charge is 2.37. The number of phosphoric ester groups is 1. The zero-order chi connectivity index (χ0) is 46.5. The Bertz CT molecular complexity index is 1880. The van der Waals surface area contributed by atoms with E-state index in [9.17, 15) is 48.2 Å². The molecule has 0 radical (unpaired) electrons. The minimum absolute atomic E-state index is 0.0954. The van der Waals surface area contributed by atoms with Crippen LogP contribution in [0.5, 0.6) is 0 Å². The van der Waals surface area contributed by atoms with Crippen molar-refractivity contribution in [2.45, 2.75) is 135 Å². The van der Waals surface area contributed by atoms with E-state index in [0.717, 1.165) is 39.0 Å². The predicted octanol–water partition coefficient (Wildman–Crippen LogP) is 0.593. The molecule has 1 aromatic heterocycles. The molecule has 1 fully saturated rings. The predicted molar refractivity (Wildman–Crippen MR) is 230 cm³/mol. The normalized spacial score (nSPS) is 16.5. The van der Waals surface area contributed by atoms with Crippen molar-refractivity contribution in [3.8, 4) is 0 Å². The molecule has 0 unspecified atom stereocenters. The number of phosphoric acid groups is 1. The van der Waals surface area contributed by atoms with Gasteiger partial charge in [0.2, 0.25) is 35.4 Å². The number of benzene rings is 1. The third kappa shape index (κ3) is 18.6. The monoisotopic (exact) mass is 905 g/mol. The maximum absolute atomic E-state index is 14.0. The number of carbonyl (C=O) groups is 6. The second kappa shape index (κ2) is 26.4. The minimum atomic E-state index is -5.12. The molecule has 350 valence electrons. The number of likely N-dealkylation sites (tertiary alicyclic amines) is 1. The first-order chi connectivity index (χ1) is 29.9. The number of aliphatic hydroxyl groups is 1. The van der Waals surface area contributed by atoms with Crippen LogP contribution in [0, 0.1) is 5.92 Å². The maximum Gasteiger partial charge on any atom is 0.469 e. The zero-order valence-electron chi connectivity index (χ0n) is 36.4. The Hall–Kier alpha value is -5.21. The van der Waals surface area contributed by atoms with E-state index in [1.165, 1.54) is 23.6 Å². The SMILES string of the molecule is CC(=O)N1CCC[C@H]1C(=O)N[C@@H](CC(C)C)C(=O)N[C@@H](Cc1cncn1CCCCCO/N=C/CCCc1ccccc1)C(=O)N[C@@H](CO)C(=O)N[C@H](C(N)=O)[C@@H](C)OP(=O)(O)O. The summed E-state index contributed by atoms with van der Waals surface area (Å²) in [7, 11) is -5.12. The van der Waals surface area contributed by atoms with Gasteiger partial charge < -0.3 is 56.2 Å². The number of carbonyl (C=O) groups excluding carboxylic acids is 6. The lowest BCUT2D eigenvalue weighted by molar-refractivity contribution is -0.139. The lowest BCUT2D eigenvalue weighted by atomic mass is 10.0. The number of amides is 6. The number of nitrogens with one attached hydrogen (secondary N) is 4. The Morgan fingerprint density at radius 2 is 1.63 bits per heavy atom. The van der Waals surface area contributed by atoms with Gasteiger partial charge in [0.05, 0.1) is 19.0 Å². The number of nitrogens with two attached hydrogens (primary N) is 1. The van der Waals surface area contributed by atoms with E-state index in [0.29, 0.717) is 44.7 Å². The third-order valence-corrected chi connectivity index (χ3v) is 10.9. The number of rotatable bonds is 28. The van der Waals surface area contributed by atoms with E-state index < -0.39 is 80.3 Å². The maximum atomic E-state index is 14.0. The van der Waals surface area contributed by atoms with Crippen molar-refractivity contribution >= 4 is 49.5 Å². The largest absolute Gasteiger partial charge is 0.469 e. The van der Waals surface area contributed by atoms with Crippen molar-refractivity contribution in [2.24, 2.45) is 16.8 Å². The highest BCUT2D eigenvalue weighted by atomic mass is 31.2. The number of primary amides is 1. The summed E-state index contributed by atoms with van der Waals surface area (Å²) >= 11 is 0. The molecule has 1 aromatic carbocycles. The van der Waals surface area contributed by atoms with Crippen molar-refractivity contribution in [3.05, 3.63) is 54.1 Å². The third-order valence-electron chi connectivity index (χ3n) is 10.3. The zero-order valence-corrected chi connectivity index (χ0v) is 37.3. The highest BCUT2D eigenvalue weighted by Crippen LogP contribution is 2.38. The molecule has 3 rings (SSSR count). The number of aliphatic hydroxyl groups excluding tert-OH is 1. The first kappa shape index (κ1) is 52.1. The summed E-state index contributed by atoms with van der Waals surface area (Å²) in [6.07, 6.45) is 9.21. The van der Waals surface area contributed by atoms with Crippen LogP contribution in [0.1, 0.15) is 90.3 Å². The highest BCUT2D eigenvalue weighted by molar-refractivity contribution is 7.46. The number of hydrogen-bond acceptors (Lipinski definition) is 12. The molecule has 0 aliphatic carbocycles. The van der Waals surface area contributed by atoms with Crippen LogP contribution < -0.4 is 27.0 Å². The fourth-order valence-corrected chi connectivity index (χ4v) is 7.60. The van der Waals surface area contributed by atoms with Crippen LogP contribution in [0.25, 0.3) is 0 Å². The summed E-state index contributed by atoms with van der Waals surface area (Å²) in [5.41, 5.74) is 7.15. The van der Waals surface area contributed by atoms with Gasteiger partial charge in [-0.25, -0.2) is 9.55 Å². The molecule has 2 heterocycles. The Labute approximate surface area is 367 Å². The second-order valence-electron chi connectivity index (χ2n) is 15.9. The number of imidazole rings is 1. The molecule has 63 heavy (non-hydrogen) atoms. The Balaban J connectivity index is 1.71. The number of aromatic nitrogens is 2. The molecule has 1 aliphatic rings. The second-order valence-corrected chi connectivity index (χ2v) is 17.1. The first-order valence-electron chi connectivity index (χ1n) is 21.2. The molecular weight excluding hydrogens is 841 g/mol. The number of oxime groups is 1. The van der Waals surface area contributed by atoms with Crippen LogP contribution in [-0.4, -0.2) is 127 Å². The molecule has 0 saturated carbocycles. The van der Waals surface area contributed by atoms with E-state index >= 15 is 0 Å². The molecule has 2 aromatic rings. The topological polar surface area (TPSA) is 306 Å². The van der Waals surface area contributed by atoms with Crippen molar-refractivity contribution in [1.29, 1.82) is 0 Å². The molecule has 0 bridgehead atoms. The van der Waals surface area contributed by atoms with Crippen molar-refractivity contribution in [3.63, 3.8) is 0 Å². The van der Waals surface area contributed by atoms with Gasteiger partial charge in [0, 0.05) is 44.5 Å². The van der Waals surface area contributed by atoms with Gasteiger partial charge in [-0.3, -0.25) is 33.3 Å². The van der Waals surface area contributed by atoms with E-state index in [4.69, 9.17) is 10.6 Å². The molecule has 21 nitrogen and oxygen atoms in total. The van der Waals surface area contributed by atoms with Crippen LogP contribution in [0.4, 0.5) is 0 Å². The van der Waals surface area contributed by atoms with Crippen molar-refractivity contribution in [1.82, 2.24) is 35.7 Å². The van der Waals surface area contributed by atoms with Gasteiger partial charge >= 0.3 is 7.82 Å². The lowest BCUT2D eigenvalue weighted by Gasteiger charge is -2.28. The fourth-order valence-electron chi connectivity index (χ4n) is 7.04. The average molecular weight is 906 g/mol. The quantitative estimate of drug-likeness (QED) is 0.0251. The number of aryl methyl sites for hydroxylation is 2. The van der Waals surface area contributed by atoms with E-state index in [2.05, 4.69) is 48.1 Å². The van der Waals surface area contributed by atoms with Gasteiger partial charge in [-0.2, -0.15) is 0 Å². The molecule has 1 aliphatic heterocycles. The molecular formula is C41H64N9O12P. The van der Waals surface area contributed by atoms with Gasteiger partial charge in [0.15, 0.2) is 0 Å². The van der Waals surface area contributed by atoms with Crippen molar-refractivity contribution < 1.29 is 57.6 Å². The Morgan fingerprint density at radius 1 is 0.952 bits per heavy atom. The summed E-state index contributed by atoms with van der Waals surface area (Å²) in [5.74, 6) is -4.93. The Morgan fingerprint density at radius 3 is 2.29 bits per heavy atom. The smallest absolute Gasteiger partial charge is 0.396 e. The van der Waals surface area contributed by atoms with E-state index in [1.54, 1.807) is 17.1 Å². The molecule has 9 N–H and O–H groups in total. The van der Waals surface area contributed by atoms with Crippen LogP contribution in [0.15, 0.2) is 48.0 Å². The van der Waals surface area contributed by atoms with E-state index in [-0.39, 0.29) is 24.7 Å². The van der Waals surface area contributed by atoms with E-state index in [1.807, 2.05) is 32.0 Å². The summed E-state index contributed by atoms with van der Waals surface area (Å²) in [6.45, 7) is 6.44. The first-order valence-corrected chi connectivity index (χ1v) is 22.7. The number of hydrogen-bond donors (Lipinski definition) is 8. The van der Waals surface area contributed by atoms with Gasteiger partial charge in [-0.05, 0) is 76.2 Å². The average Bonchev–Trinajstić information content (AvgIpc) is 3.90. The van der Waals surface area contributed by atoms with Crippen LogP contribution in [0.3, 0.4) is 0 Å². The molecule has 22 heteroatoms. The van der Waals surface area contributed by atoms with Gasteiger partial charge in [-0.15, -0.1) is 0 Å². The summed E-state index contributed by atoms with van der Waals surface area (Å²) < 4.78 is 17.7.